The van der Waals surface area contributed by atoms with Gasteiger partial charge in [0.25, 0.3) is 5.91 Å². The van der Waals surface area contributed by atoms with Crippen molar-refractivity contribution in [2.75, 3.05) is 13.1 Å². The molecule has 0 atom stereocenters. The van der Waals surface area contributed by atoms with Crippen molar-refractivity contribution in [3.8, 4) is 0 Å². The molecule has 0 spiro atoms. The number of carbonyl (C=O) groups excluding carboxylic acids is 2. The molecule has 0 aliphatic heterocycles. The van der Waals surface area contributed by atoms with E-state index in [4.69, 9.17) is 11.6 Å². The third-order valence-corrected chi connectivity index (χ3v) is 5.32. The van der Waals surface area contributed by atoms with Gasteiger partial charge in [0, 0.05) is 36.5 Å². The van der Waals surface area contributed by atoms with Crippen molar-refractivity contribution in [2.45, 2.75) is 19.3 Å². The number of rotatable bonds is 8. The van der Waals surface area contributed by atoms with Crippen LogP contribution in [0.4, 0.5) is 0 Å². The highest BCUT2D eigenvalue weighted by molar-refractivity contribution is 7.18. The lowest BCUT2D eigenvalue weighted by molar-refractivity contribution is -0.121. The standard InChI is InChI=1S/C20H20ClN3O2S/c21-15-9-7-14(8-10-15)20(26)23-12-3-6-18(25)22-13-11-19-24-16-4-1-2-5-17(16)27-19/h1-2,4-5,7-10H,3,6,11-13H2,(H,22,25)(H,23,26). The number of aromatic nitrogens is 1. The van der Waals surface area contributed by atoms with Crippen LogP contribution in [0.1, 0.15) is 28.2 Å². The Morgan fingerprint density at radius 1 is 1.00 bits per heavy atom. The van der Waals surface area contributed by atoms with Gasteiger partial charge in [0.05, 0.1) is 15.2 Å². The van der Waals surface area contributed by atoms with Crippen LogP contribution in [0, 0.1) is 0 Å². The average molecular weight is 402 g/mol. The maximum Gasteiger partial charge on any atom is 0.251 e. The minimum atomic E-state index is -0.164. The van der Waals surface area contributed by atoms with Crippen LogP contribution in [0.15, 0.2) is 48.5 Å². The molecular weight excluding hydrogens is 382 g/mol. The van der Waals surface area contributed by atoms with Gasteiger partial charge >= 0.3 is 0 Å². The fraction of sp³-hybridized carbons (Fsp3) is 0.250. The second-order valence-electron chi connectivity index (χ2n) is 6.04. The predicted molar refractivity (Wildman–Crippen MR) is 109 cm³/mol. The van der Waals surface area contributed by atoms with Crippen LogP contribution in [0.5, 0.6) is 0 Å². The number of para-hydroxylation sites is 1. The summed E-state index contributed by atoms with van der Waals surface area (Å²) in [4.78, 5) is 28.4. The summed E-state index contributed by atoms with van der Waals surface area (Å²) < 4.78 is 1.16. The topological polar surface area (TPSA) is 71.1 Å². The van der Waals surface area contributed by atoms with E-state index in [9.17, 15) is 9.59 Å². The number of thiazole rings is 1. The molecule has 3 rings (SSSR count). The third-order valence-electron chi connectivity index (χ3n) is 3.97. The third kappa shape index (κ3) is 5.77. The Kier molecular flexibility index (Phi) is 6.79. The zero-order chi connectivity index (χ0) is 19.1. The Hall–Kier alpha value is -2.44. The first-order valence-corrected chi connectivity index (χ1v) is 9.96. The zero-order valence-corrected chi connectivity index (χ0v) is 16.3. The monoisotopic (exact) mass is 401 g/mol. The second-order valence-corrected chi connectivity index (χ2v) is 7.59. The summed E-state index contributed by atoms with van der Waals surface area (Å²) in [7, 11) is 0. The Morgan fingerprint density at radius 2 is 1.78 bits per heavy atom. The fourth-order valence-electron chi connectivity index (χ4n) is 2.58. The number of carbonyl (C=O) groups is 2. The number of amides is 2. The molecule has 2 aromatic carbocycles. The molecule has 5 nitrogen and oxygen atoms in total. The minimum Gasteiger partial charge on any atom is -0.356 e. The van der Waals surface area contributed by atoms with E-state index in [0.29, 0.717) is 36.5 Å². The van der Waals surface area contributed by atoms with Crippen molar-refractivity contribution in [1.29, 1.82) is 0 Å². The van der Waals surface area contributed by atoms with Gasteiger partial charge in [-0.05, 0) is 42.8 Å². The Labute approximate surface area is 166 Å². The van der Waals surface area contributed by atoms with Gasteiger partial charge in [-0.2, -0.15) is 0 Å². The van der Waals surface area contributed by atoms with Crippen molar-refractivity contribution in [3.63, 3.8) is 0 Å². The smallest absolute Gasteiger partial charge is 0.251 e. The molecule has 2 N–H and O–H groups in total. The molecule has 3 aromatic rings. The molecule has 0 unspecified atom stereocenters. The molecule has 0 aliphatic rings. The highest BCUT2D eigenvalue weighted by Crippen LogP contribution is 2.21. The molecule has 1 heterocycles. The van der Waals surface area contributed by atoms with Crippen molar-refractivity contribution in [3.05, 3.63) is 64.1 Å². The summed E-state index contributed by atoms with van der Waals surface area (Å²) >= 11 is 7.45. The summed E-state index contributed by atoms with van der Waals surface area (Å²) in [6.45, 7) is 1.02. The molecular formula is C20H20ClN3O2S. The summed E-state index contributed by atoms with van der Waals surface area (Å²) in [5, 5.41) is 7.31. The van der Waals surface area contributed by atoms with E-state index in [0.717, 1.165) is 21.6 Å². The van der Waals surface area contributed by atoms with Crippen LogP contribution >= 0.6 is 22.9 Å². The Morgan fingerprint density at radius 3 is 2.56 bits per heavy atom. The van der Waals surface area contributed by atoms with Crippen LogP contribution in [-0.2, 0) is 11.2 Å². The van der Waals surface area contributed by atoms with E-state index < -0.39 is 0 Å². The quantitative estimate of drug-likeness (QED) is 0.563. The molecule has 0 aliphatic carbocycles. The van der Waals surface area contributed by atoms with Crippen molar-refractivity contribution >= 4 is 45.0 Å². The molecule has 0 bridgehead atoms. The molecule has 1 aromatic heterocycles. The maximum atomic E-state index is 11.9. The lowest BCUT2D eigenvalue weighted by Gasteiger charge is -2.06. The van der Waals surface area contributed by atoms with Gasteiger partial charge in [-0.1, -0.05) is 23.7 Å². The van der Waals surface area contributed by atoms with E-state index in [2.05, 4.69) is 15.6 Å². The molecule has 0 fully saturated rings. The van der Waals surface area contributed by atoms with E-state index in [-0.39, 0.29) is 11.8 Å². The lowest BCUT2D eigenvalue weighted by atomic mass is 10.2. The predicted octanol–water partition coefficient (Wildman–Crippen LogP) is 3.82. The fourth-order valence-corrected chi connectivity index (χ4v) is 3.67. The van der Waals surface area contributed by atoms with Gasteiger partial charge in [0.15, 0.2) is 0 Å². The maximum absolute atomic E-state index is 11.9. The van der Waals surface area contributed by atoms with E-state index in [1.54, 1.807) is 35.6 Å². The number of benzene rings is 2. The summed E-state index contributed by atoms with van der Waals surface area (Å²) in [5.74, 6) is -0.181. The highest BCUT2D eigenvalue weighted by Gasteiger charge is 2.07. The van der Waals surface area contributed by atoms with Gasteiger partial charge < -0.3 is 10.6 Å². The number of fused-ring (bicyclic) bond motifs is 1. The van der Waals surface area contributed by atoms with Gasteiger partial charge in [-0.15, -0.1) is 11.3 Å². The Bertz CT molecular complexity index is 891. The molecule has 7 heteroatoms. The average Bonchev–Trinajstić information content (AvgIpc) is 3.08. The minimum absolute atomic E-state index is 0.0168. The van der Waals surface area contributed by atoms with Crippen LogP contribution in [0.3, 0.4) is 0 Å². The second kappa shape index (κ2) is 9.48. The van der Waals surface area contributed by atoms with Gasteiger partial charge in [-0.3, -0.25) is 9.59 Å². The van der Waals surface area contributed by atoms with Gasteiger partial charge in [0.1, 0.15) is 0 Å². The zero-order valence-electron chi connectivity index (χ0n) is 14.7. The highest BCUT2D eigenvalue weighted by atomic mass is 35.5. The van der Waals surface area contributed by atoms with Crippen molar-refractivity contribution in [1.82, 2.24) is 15.6 Å². The molecule has 140 valence electrons. The number of nitrogens with one attached hydrogen (secondary N) is 2. The lowest BCUT2D eigenvalue weighted by Crippen LogP contribution is -2.28. The van der Waals surface area contributed by atoms with Crippen molar-refractivity contribution < 1.29 is 9.59 Å². The van der Waals surface area contributed by atoms with E-state index in [1.807, 2.05) is 24.3 Å². The first-order chi connectivity index (χ1) is 13.1. The van der Waals surface area contributed by atoms with Gasteiger partial charge in [0.2, 0.25) is 5.91 Å². The van der Waals surface area contributed by atoms with Gasteiger partial charge in [-0.25, -0.2) is 4.98 Å². The Balaban J connectivity index is 1.31. The number of halogens is 1. The molecule has 0 radical (unpaired) electrons. The molecule has 2 amide bonds. The van der Waals surface area contributed by atoms with Crippen LogP contribution in [-0.4, -0.2) is 29.9 Å². The van der Waals surface area contributed by atoms with E-state index in [1.165, 1.54) is 0 Å². The number of hydrogen-bond donors (Lipinski definition) is 2. The van der Waals surface area contributed by atoms with Crippen LogP contribution < -0.4 is 10.6 Å². The first kappa shape index (κ1) is 19.3. The summed E-state index contributed by atoms with van der Waals surface area (Å²) in [6, 6.07) is 14.7. The van der Waals surface area contributed by atoms with Crippen molar-refractivity contribution in [2.24, 2.45) is 0 Å². The number of hydrogen-bond acceptors (Lipinski definition) is 4. The van der Waals surface area contributed by atoms with E-state index >= 15 is 0 Å². The van der Waals surface area contributed by atoms with Crippen LogP contribution in [0.2, 0.25) is 5.02 Å². The normalized spacial score (nSPS) is 10.7. The molecule has 0 saturated carbocycles. The van der Waals surface area contributed by atoms with Crippen LogP contribution in [0.25, 0.3) is 10.2 Å². The summed E-state index contributed by atoms with van der Waals surface area (Å²) in [5.41, 5.74) is 1.56. The first-order valence-electron chi connectivity index (χ1n) is 8.77. The summed E-state index contributed by atoms with van der Waals surface area (Å²) in [6.07, 6.45) is 1.69. The largest absolute Gasteiger partial charge is 0.356 e. The number of nitrogens with zero attached hydrogens (tertiary/aromatic N) is 1. The molecule has 0 saturated heterocycles. The molecule has 27 heavy (non-hydrogen) atoms. The SMILES string of the molecule is O=C(CCCNC(=O)c1ccc(Cl)cc1)NCCc1nc2ccccc2s1.